The summed E-state index contributed by atoms with van der Waals surface area (Å²) in [5, 5.41) is 2.44. The van der Waals surface area contributed by atoms with E-state index in [9.17, 15) is 14.4 Å². The van der Waals surface area contributed by atoms with Crippen molar-refractivity contribution in [2.24, 2.45) is 0 Å². The summed E-state index contributed by atoms with van der Waals surface area (Å²) in [7, 11) is 0. The molecular weight excluding hydrogens is 348 g/mol. The summed E-state index contributed by atoms with van der Waals surface area (Å²) in [5.41, 5.74) is 2.33. The second-order valence-electron chi connectivity index (χ2n) is 5.81. The Kier molecular flexibility index (Phi) is 5.53. The van der Waals surface area contributed by atoms with E-state index in [1.54, 1.807) is 18.2 Å². The highest BCUT2D eigenvalue weighted by Gasteiger charge is 2.34. The van der Waals surface area contributed by atoms with Crippen molar-refractivity contribution in [3.8, 4) is 0 Å². The normalized spacial score (nSPS) is 15.6. The molecule has 1 heterocycles. The molecule has 0 spiro atoms. The maximum atomic E-state index is 12.4. The van der Waals surface area contributed by atoms with Gasteiger partial charge in [-0.1, -0.05) is 48.5 Å². The molecule has 0 saturated carbocycles. The van der Waals surface area contributed by atoms with E-state index in [1.165, 1.54) is 0 Å². The topological polar surface area (TPSA) is 66.5 Å². The highest BCUT2D eigenvalue weighted by Crippen LogP contribution is 2.31. The zero-order valence-electron chi connectivity index (χ0n) is 14.3. The van der Waals surface area contributed by atoms with Crippen molar-refractivity contribution in [3.63, 3.8) is 0 Å². The fraction of sp³-hybridized carbons (Fsp3) is 0.150. The Balaban J connectivity index is 1.59. The van der Waals surface area contributed by atoms with E-state index in [0.29, 0.717) is 10.5 Å². The average molecular weight is 366 g/mol. The number of rotatable bonds is 5. The van der Waals surface area contributed by atoms with Crippen molar-refractivity contribution < 1.29 is 14.4 Å². The third kappa shape index (κ3) is 4.03. The standard InChI is InChI=1S/C20H18N2O3S/c1-14-7-5-6-10-16(14)18(23)21-11-12-22-19(24)17(26-20(22)25)13-15-8-3-2-4-9-15/h2-10,13H,11-12H2,1H3,(H,21,23)/b17-13-. The summed E-state index contributed by atoms with van der Waals surface area (Å²) in [6.07, 6.45) is 1.71. The van der Waals surface area contributed by atoms with Gasteiger partial charge in [-0.25, -0.2) is 0 Å². The van der Waals surface area contributed by atoms with Gasteiger partial charge in [0.1, 0.15) is 0 Å². The zero-order chi connectivity index (χ0) is 18.5. The molecule has 1 saturated heterocycles. The quantitative estimate of drug-likeness (QED) is 0.823. The van der Waals surface area contributed by atoms with E-state index in [0.717, 1.165) is 27.8 Å². The SMILES string of the molecule is Cc1ccccc1C(=O)NCCN1C(=O)S/C(=C\c2ccccc2)C1=O. The summed E-state index contributed by atoms with van der Waals surface area (Å²) in [4.78, 5) is 38.3. The maximum absolute atomic E-state index is 12.4. The molecule has 0 radical (unpaired) electrons. The molecule has 0 atom stereocenters. The van der Waals surface area contributed by atoms with Crippen LogP contribution in [-0.4, -0.2) is 35.0 Å². The minimum atomic E-state index is -0.325. The molecule has 5 nitrogen and oxygen atoms in total. The molecule has 2 aromatic carbocycles. The lowest BCUT2D eigenvalue weighted by atomic mass is 10.1. The molecule has 2 aromatic rings. The van der Waals surface area contributed by atoms with Gasteiger partial charge in [-0.2, -0.15) is 0 Å². The van der Waals surface area contributed by atoms with Gasteiger partial charge in [0.15, 0.2) is 0 Å². The fourth-order valence-electron chi connectivity index (χ4n) is 2.60. The first-order valence-corrected chi connectivity index (χ1v) is 9.02. The van der Waals surface area contributed by atoms with Crippen molar-refractivity contribution in [1.29, 1.82) is 0 Å². The fourth-order valence-corrected chi connectivity index (χ4v) is 3.46. The smallest absolute Gasteiger partial charge is 0.293 e. The summed E-state index contributed by atoms with van der Waals surface area (Å²) < 4.78 is 0. The molecular formula is C20H18N2O3S. The molecule has 26 heavy (non-hydrogen) atoms. The van der Waals surface area contributed by atoms with Crippen molar-refractivity contribution in [2.75, 3.05) is 13.1 Å². The van der Waals surface area contributed by atoms with Crippen LogP contribution in [0, 0.1) is 6.92 Å². The van der Waals surface area contributed by atoms with Crippen LogP contribution in [-0.2, 0) is 4.79 Å². The van der Waals surface area contributed by atoms with Crippen LogP contribution in [0.4, 0.5) is 4.79 Å². The third-order valence-electron chi connectivity index (χ3n) is 3.98. The Labute approximate surface area is 156 Å². The molecule has 0 aromatic heterocycles. The number of thioether (sulfide) groups is 1. The van der Waals surface area contributed by atoms with Crippen molar-refractivity contribution in [2.45, 2.75) is 6.92 Å². The molecule has 0 aliphatic carbocycles. The maximum Gasteiger partial charge on any atom is 0.293 e. The summed E-state index contributed by atoms with van der Waals surface area (Å²) >= 11 is 0.920. The molecule has 3 rings (SSSR count). The van der Waals surface area contributed by atoms with Crippen LogP contribution in [0.15, 0.2) is 59.5 Å². The number of nitrogens with one attached hydrogen (secondary N) is 1. The van der Waals surface area contributed by atoms with E-state index in [4.69, 9.17) is 0 Å². The van der Waals surface area contributed by atoms with Gasteiger partial charge < -0.3 is 5.32 Å². The van der Waals surface area contributed by atoms with Crippen molar-refractivity contribution >= 4 is 34.9 Å². The second-order valence-corrected chi connectivity index (χ2v) is 6.81. The molecule has 0 unspecified atom stereocenters. The number of carbonyl (C=O) groups excluding carboxylic acids is 3. The number of nitrogens with zero attached hydrogens (tertiary/aromatic N) is 1. The van der Waals surface area contributed by atoms with E-state index in [2.05, 4.69) is 5.32 Å². The number of imide groups is 1. The van der Waals surface area contributed by atoms with E-state index in [-0.39, 0.29) is 30.1 Å². The van der Waals surface area contributed by atoms with Gasteiger partial charge >= 0.3 is 0 Å². The second kappa shape index (κ2) is 8.01. The van der Waals surface area contributed by atoms with Crippen molar-refractivity contribution in [3.05, 3.63) is 76.2 Å². The van der Waals surface area contributed by atoms with Crippen LogP contribution in [0.2, 0.25) is 0 Å². The van der Waals surface area contributed by atoms with Crippen LogP contribution in [0.5, 0.6) is 0 Å². The Morgan fingerprint density at radius 1 is 1.08 bits per heavy atom. The predicted molar refractivity (Wildman–Crippen MR) is 103 cm³/mol. The van der Waals surface area contributed by atoms with Gasteiger partial charge in [-0.05, 0) is 42.0 Å². The minimum Gasteiger partial charge on any atom is -0.350 e. The first-order valence-electron chi connectivity index (χ1n) is 8.20. The van der Waals surface area contributed by atoms with Crippen LogP contribution >= 0.6 is 11.8 Å². The van der Waals surface area contributed by atoms with E-state index in [1.807, 2.05) is 49.4 Å². The number of aryl methyl sites for hydroxylation is 1. The number of hydrogen-bond donors (Lipinski definition) is 1. The monoisotopic (exact) mass is 366 g/mol. The largest absolute Gasteiger partial charge is 0.350 e. The first kappa shape index (κ1) is 17.9. The molecule has 132 valence electrons. The van der Waals surface area contributed by atoms with Gasteiger partial charge in [0, 0.05) is 18.7 Å². The molecule has 1 N–H and O–H groups in total. The Morgan fingerprint density at radius 3 is 2.50 bits per heavy atom. The van der Waals surface area contributed by atoms with Crippen LogP contribution in [0.25, 0.3) is 6.08 Å². The van der Waals surface area contributed by atoms with Crippen molar-refractivity contribution in [1.82, 2.24) is 10.2 Å². The number of amides is 3. The average Bonchev–Trinajstić information content (AvgIpc) is 2.90. The summed E-state index contributed by atoms with van der Waals surface area (Å²) in [6, 6.07) is 16.6. The van der Waals surface area contributed by atoms with E-state index >= 15 is 0 Å². The molecule has 1 aliphatic heterocycles. The summed E-state index contributed by atoms with van der Waals surface area (Å²) in [5.74, 6) is -0.538. The zero-order valence-corrected chi connectivity index (χ0v) is 15.1. The molecule has 1 aliphatic rings. The van der Waals surface area contributed by atoms with Crippen LogP contribution < -0.4 is 5.32 Å². The van der Waals surface area contributed by atoms with Gasteiger partial charge in [-0.3, -0.25) is 19.3 Å². The predicted octanol–water partition coefficient (Wildman–Crippen LogP) is 3.46. The van der Waals surface area contributed by atoms with Gasteiger partial charge in [0.2, 0.25) is 0 Å². The van der Waals surface area contributed by atoms with Crippen LogP contribution in [0.1, 0.15) is 21.5 Å². The number of carbonyl (C=O) groups is 3. The lowest BCUT2D eigenvalue weighted by molar-refractivity contribution is -0.122. The first-order chi connectivity index (χ1) is 12.6. The summed E-state index contributed by atoms with van der Waals surface area (Å²) in [6.45, 7) is 2.22. The lowest BCUT2D eigenvalue weighted by Gasteiger charge is -2.13. The van der Waals surface area contributed by atoms with Gasteiger partial charge in [-0.15, -0.1) is 0 Å². The molecule has 0 bridgehead atoms. The Bertz CT molecular complexity index is 878. The highest BCUT2D eigenvalue weighted by molar-refractivity contribution is 8.18. The highest BCUT2D eigenvalue weighted by atomic mass is 32.2. The number of benzene rings is 2. The van der Waals surface area contributed by atoms with Gasteiger partial charge in [0.25, 0.3) is 17.1 Å². The molecule has 1 fully saturated rings. The number of hydrogen-bond acceptors (Lipinski definition) is 4. The van der Waals surface area contributed by atoms with Gasteiger partial charge in [0.05, 0.1) is 4.91 Å². The molecule has 3 amide bonds. The Morgan fingerprint density at radius 2 is 1.77 bits per heavy atom. The lowest BCUT2D eigenvalue weighted by Crippen LogP contribution is -2.37. The molecule has 6 heteroatoms. The minimum absolute atomic E-state index is 0.147. The third-order valence-corrected chi connectivity index (χ3v) is 4.89. The van der Waals surface area contributed by atoms with E-state index < -0.39 is 0 Å². The Hall–Kier alpha value is -2.86. The van der Waals surface area contributed by atoms with Crippen LogP contribution in [0.3, 0.4) is 0 Å².